The van der Waals surface area contributed by atoms with Gasteiger partial charge < -0.3 is 24.4 Å². The second-order valence-corrected chi connectivity index (χ2v) is 7.55. The lowest BCUT2D eigenvalue weighted by Gasteiger charge is -2.36. The van der Waals surface area contributed by atoms with Crippen molar-refractivity contribution in [2.45, 2.75) is 12.8 Å². The molecule has 4 rings (SSSR count). The van der Waals surface area contributed by atoms with Gasteiger partial charge >= 0.3 is 0 Å². The minimum Gasteiger partial charge on any atom is -0.495 e. The quantitative estimate of drug-likeness (QED) is 0.625. The molecular formula is C23H30ClN3O4. The predicted molar refractivity (Wildman–Crippen MR) is 124 cm³/mol. The normalized spacial score (nSPS) is 15.9. The summed E-state index contributed by atoms with van der Waals surface area (Å²) in [6.07, 6.45) is 2.09. The van der Waals surface area contributed by atoms with Crippen LogP contribution in [-0.2, 0) is 4.79 Å². The number of nitrogens with zero attached hydrogens (tertiary/aromatic N) is 2. The molecule has 0 saturated carbocycles. The monoisotopic (exact) mass is 447 g/mol. The topological polar surface area (TPSA) is 63.3 Å². The second-order valence-electron chi connectivity index (χ2n) is 7.55. The van der Waals surface area contributed by atoms with E-state index in [0.29, 0.717) is 18.0 Å². The summed E-state index contributed by atoms with van der Waals surface area (Å²) in [6.45, 7) is 5.96. The number of fused-ring (bicyclic) bond motifs is 1. The largest absolute Gasteiger partial charge is 0.495 e. The third-order valence-electron chi connectivity index (χ3n) is 5.52. The number of unbranched alkanes of at least 4 members (excludes halogenated alkanes) is 1. The van der Waals surface area contributed by atoms with Gasteiger partial charge in [-0.25, -0.2) is 0 Å². The Kier molecular flexibility index (Phi) is 8.26. The van der Waals surface area contributed by atoms with E-state index in [9.17, 15) is 4.79 Å². The Morgan fingerprint density at radius 2 is 1.87 bits per heavy atom. The Bertz CT molecular complexity index is 872. The zero-order valence-electron chi connectivity index (χ0n) is 17.8. The molecule has 2 heterocycles. The third kappa shape index (κ3) is 5.95. The van der Waals surface area contributed by atoms with Crippen molar-refractivity contribution in [3.05, 3.63) is 42.5 Å². The van der Waals surface area contributed by atoms with E-state index in [4.69, 9.17) is 14.2 Å². The molecular weight excluding hydrogens is 418 g/mol. The molecule has 0 aromatic heterocycles. The number of methoxy groups -OCH3 is 1. The Morgan fingerprint density at radius 3 is 2.68 bits per heavy atom. The number of benzene rings is 2. The molecule has 2 aromatic rings. The number of hydrogen-bond donors (Lipinski definition) is 1. The molecule has 0 radical (unpaired) electrons. The average molecular weight is 448 g/mol. The van der Waals surface area contributed by atoms with Crippen LogP contribution < -0.4 is 24.4 Å². The number of ether oxygens (including phenoxy) is 3. The number of carbonyl (C=O) groups is 1. The van der Waals surface area contributed by atoms with Crippen LogP contribution in [0.25, 0.3) is 0 Å². The van der Waals surface area contributed by atoms with Gasteiger partial charge in [0.25, 0.3) is 5.91 Å². The highest BCUT2D eigenvalue weighted by Gasteiger charge is 2.19. The molecule has 1 N–H and O–H groups in total. The maximum atomic E-state index is 11.4. The zero-order valence-corrected chi connectivity index (χ0v) is 18.7. The first kappa shape index (κ1) is 23.0. The van der Waals surface area contributed by atoms with E-state index in [2.05, 4.69) is 27.2 Å². The van der Waals surface area contributed by atoms with Crippen molar-refractivity contribution in [2.75, 3.05) is 63.3 Å². The van der Waals surface area contributed by atoms with Crippen LogP contribution in [0.2, 0.25) is 0 Å². The van der Waals surface area contributed by atoms with Crippen LogP contribution in [0.3, 0.4) is 0 Å². The number of anilines is 2. The maximum Gasteiger partial charge on any atom is 0.262 e. The van der Waals surface area contributed by atoms with Gasteiger partial charge in [0.05, 0.1) is 25.1 Å². The Hall–Kier alpha value is -2.64. The number of rotatable bonds is 8. The molecule has 31 heavy (non-hydrogen) atoms. The average Bonchev–Trinajstić information content (AvgIpc) is 2.79. The minimum atomic E-state index is -0.134. The van der Waals surface area contributed by atoms with Crippen LogP contribution in [0.4, 0.5) is 11.4 Å². The lowest BCUT2D eigenvalue weighted by molar-refractivity contribution is -0.118. The second kappa shape index (κ2) is 11.1. The first-order valence-electron chi connectivity index (χ1n) is 10.5. The molecule has 0 bridgehead atoms. The lowest BCUT2D eigenvalue weighted by Crippen LogP contribution is -2.46. The van der Waals surface area contributed by atoms with Gasteiger partial charge in [0.1, 0.15) is 17.2 Å². The Labute approximate surface area is 189 Å². The highest BCUT2D eigenvalue weighted by Crippen LogP contribution is 2.31. The van der Waals surface area contributed by atoms with E-state index in [1.807, 2.05) is 30.3 Å². The van der Waals surface area contributed by atoms with E-state index in [1.165, 1.54) is 5.69 Å². The van der Waals surface area contributed by atoms with Gasteiger partial charge in [-0.05, 0) is 43.7 Å². The zero-order chi connectivity index (χ0) is 20.8. The molecule has 0 aliphatic carbocycles. The molecule has 7 nitrogen and oxygen atoms in total. The summed E-state index contributed by atoms with van der Waals surface area (Å²) in [5.74, 6) is 2.25. The molecule has 0 unspecified atom stereocenters. The molecule has 0 spiro atoms. The lowest BCUT2D eigenvalue weighted by atomic mass is 10.2. The Morgan fingerprint density at radius 1 is 1.06 bits per heavy atom. The van der Waals surface area contributed by atoms with E-state index >= 15 is 0 Å². The van der Waals surface area contributed by atoms with Crippen LogP contribution >= 0.6 is 12.4 Å². The van der Waals surface area contributed by atoms with Crippen molar-refractivity contribution in [3.8, 4) is 17.2 Å². The summed E-state index contributed by atoms with van der Waals surface area (Å²) in [5, 5.41) is 2.80. The summed E-state index contributed by atoms with van der Waals surface area (Å²) in [4.78, 5) is 16.3. The fourth-order valence-electron chi connectivity index (χ4n) is 3.88. The fourth-order valence-corrected chi connectivity index (χ4v) is 3.88. The standard InChI is InChI=1S/C23H29N3O4.ClH/c1-28-22-7-3-2-6-20(22)26-13-11-25(12-14-26)10-4-5-15-29-18-8-9-21-19(16-18)24-23(27)17-30-21;/h2-3,6-9,16H,4-5,10-15,17H2,1H3,(H,24,27);1H. The fraction of sp³-hybridized carbons (Fsp3) is 0.435. The first-order valence-corrected chi connectivity index (χ1v) is 10.5. The first-order chi connectivity index (χ1) is 14.7. The summed E-state index contributed by atoms with van der Waals surface area (Å²) < 4.78 is 16.7. The van der Waals surface area contributed by atoms with Gasteiger partial charge in [-0.2, -0.15) is 0 Å². The van der Waals surface area contributed by atoms with Crippen LogP contribution in [0.15, 0.2) is 42.5 Å². The highest BCUT2D eigenvalue weighted by molar-refractivity contribution is 5.95. The van der Waals surface area contributed by atoms with E-state index in [1.54, 1.807) is 7.11 Å². The van der Waals surface area contributed by atoms with Crippen molar-refractivity contribution in [1.29, 1.82) is 0 Å². The number of piperazine rings is 1. The third-order valence-corrected chi connectivity index (χ3v) is 5.52. The van der Waals surface area contributed by atoms with E-state index < -0.39 is 0 Å². The van der Waals surface area contributed by atoms with Gasteiger partial charge in [0.2, 0.25) is 0 Å². The van der Waals surface area contributed by atoms with E-state index in [-0.39, 0.29) is 24.9 Å². The molecule has 0 atom stereocenters. The molecule has 1 saturated heterocycles. The number of hydrogen-bond acceptors (Lipinski definition) is 6. The van der Waals surface area contributed by atoms with Gasteiger partial charge in [-0.1, -0.05) is 12.1 Å². The number of para-hydroxylation sites is 2. The number of carbonyl (C=O) groups excluding carboxylic acids is 1. The molecule has 168 valence electrons. The molecule has 8 heteroatoms. The highest BCUT2D eigenvalue weighted by atomic mass is 35.5. The minimum absolute atomic E-state index is 0. The van der Waals surface area contributed by atoms with Gasteiger partial charge in [-0.15, -0.1) is 12.4 Å². The SMILES string of the molecule is COc1ccccc1N1CCN(CCCCOc2ccc3c(c2)NC(=O)CO3)CC1.Cl. The van der Waals surface area contributed by atoms with Crippen molar-refractivity contribution >= 4 is 29.7 Å². The van der Waals surface area contributed by atoms with Crippen molar-refractivity contribution < 1.29 is 19.0 Å². The van der Waals surface area contributed by atoms with Crippen molar-refractivity contribution in [2.24, 2.45) is 0 Å². The summed E-state index contributed by atoms with van der Waals surface area (Å²) in [7, 11) is 1.73. The molecule has 2 aliphatic heterocycles. The summed E-state index contributed by atoms with van der Waals surface area (Å²) in [6, 6.07) is 13.8. The van der Waals surface area contributed by atoms with Crippen molar-refractivity contribution in [1.82, 2.24) is 4.90 Å². The number of amides is 1. The summed E-state index contributed by atoms with van der Waals surface area (Å²) >= 11 is 0. The van der Waals surface area contributed by atoms with Crippen LogP contribution in [0.1, 0.15) is 12.8 Å². The molecule has 1 amide bonds. The Balaban J connectivity index is 0.00000272. The maximum absolute atomic E-state index is 11.4. The predicted octanol–water partition coefficient (Wildman–Crippen LogP) is 3.43. The smallest absolute Gasteiger partial charge is 0.262 e. The van der Waals surface area contributed by atoms with Gasteiger partial charge in [-0.3, -0.25) is 9.69 Å². The number of nitrogens with one attached hydrogen (secondary N) is 1. The van der Waals surface area contributed by atoms with E-state index in [0.717, 1.165) is 57.1 Å². The van der Waals surface area contributed by atoms with Crippen LogP contribution in [0, 0.1) is 0 Å². The van der Waals surface area contributed by atoms with Crippen LogP contribution in [-0.4, -0.2) is 63.9 Å². The van der Waals surface area contributed by atoms with Gasteiger partial charge in [0.15, 0.2) is 6.61 Å². The van der Waals surface area contributed by atoms with Crippen LogP contribution in [0.5, 0.6) is 17.2 Å². The molecule has 2 aliphatic rings. The molecule has 2 aromatic carbocycles. The molecule has 1 fully saturated rings. The number of halogens is 1. The van der Waals surface area contributed by atoms with Gasteiger partial charge in [0, 0.05) is 32.2 Å². The van der Waals surface area contributed by atoms with Crippen molar-refractivity contribution in [3.63, 3.8) is 0 Å². The summed E-state index contributed by atoms with van der Waals surface area (Å²) in [5.41, 5.74) is 1.86.